The van der Waals surface area contributed by atoms with Gasteiger partial charge >= 0.3 is 0 Å². The average molecular weight is 292 g/mol. The quantitative estimate of drug-likeness (QED) is 0.629. The molecule has 0 amide bonds. The maximum absolute atomic E-state index is 13.1. The summed E-state index contributed by atoms with van der Waals surface area (Å²) in [5, 5.41) is 12.2. The molecule has 0 spiro atoms. The number of nitrogens with one attached hydrogen (secondary N) is 1. The molecule has 1 heterocycles. The van der Waals surface area contributed by atoms with Crippen LogP contribution >= 0.6 is 11.8 Å². The monoisotopic (exact) mass is 292 g/mol. The first-order valence-electron chi connectivity index (χ1n) is 6.29. The van der Waals surface area contributed by atoms with E-state index in [-0.39, 0.29) is 5.82 Å². The van der Waals surface area contributed by atoms with Crippen LogP contribution < -0.4 is 5.32 Å². The van der Waals surface area contributed by atoms with E-state index in [9.17, 15) is 4.39 Å². The normalized spacial score (nSPS) is 10.7. The number of nitrogens with zero attached hydrogens (tertiary/aromatic N) is 3. The molecule has 1 N–H and O–H groups in total. The lowest BCUT2D eigenvalue weighted by Gasteiger charge is -2.07. The van der Waals surface area contributed by atoms with Crippen molar-refractivity contribution >= 4 is 11.8 Å². The first-order chi connectivity index (χ1) is 9.74. The Hall–Kier alpha value is -1.66. The minimum Gasteiger partial charge on any atom is -0.313 e. The van der Waals surface area contributed by atoms with Gasteiger partial charge in [0.2, 0.25) is 0 Å². The number of allylic oxidation sites excluding steroid dienone is 1. The van der Waals surface area contributed by atoms with Gasteiger partial charge in [0.1, 0.15) is 11.6 Å². The van der Waals surface area contributed by atoms with Crippen LogP contribution in [-0.2, 0) is 18.8 Å². The number of hydrogen-bond acceptors (Lipinski definition) is 4. The lowest BCUT2D eigenvalue weighted by atomic mass is 10.2. The first-order valence-corrected chi connectivity index (χ1v) is 7.28. The van der Waals surface area contributed by atoms with E-state index < -0.39 is 0 Å². The number of aromatic nitrogens is 3. The van der Waals surface area contributed by atoms with Gasteiger partial charge in [0.05, 0.1) is 6.54 Å². The maximum atomic E-state index is 13.1. The molecule has 2 aromatic rings. The number of benzene rings is 1. The van der Waals surface area contributed by atoms with Gasteiger partial charge in [-0.05, 0) is 24.7 Å². The summed E-state index contributed by atoms with van der Waals surface area (Å²) in [6, 6.07) is 6.60. The molecule has 0 radical (unpaired) electrons. The molecule has 0 saturated heterocycles. The largest absolute Gasteiger partial charge is 0.313 e. The Labute approximate surface area is 122 Å². The Kier molecular flexibility index (Phi) is 5.31. The van der Waals surface area contributed by atoms with Crippen LogP contribution in [0.15, 0.2) is 42.1 Å². The van der Waals surface area contributed by atoms with Crippen molar-refractivity contribution in [3.05, 3.63) is 54.1 Å². The van der Waals surface area contributed by atoms with Crippen molar-refractivity contribution in [3.8, 4) is 0 Å². The zero-order valence-electron chi connectivity index (χ0n) is 11.3. The fraction of sp³-hybridized carbons (Fsp3) is 0.286. The van der Waals surface area contributed by atoms with E-state index in [2.05, 4.69) is 22.1 Å². The molecule has 0 bridgehead atoms. The van der Waals surface area contributed by atoms with Gasteiger partial charge in [-0.2, -0.15) is 0 Å². The maximum Gasteiger partial charge on any atom is 0.191 e. The van der Waals surface area contributed by atoms with Crippen molar-refractivity contribution in [2.45, 2.75) is 24.0 Å². The third kappa shape index (κ3) is 3.68. The minimum absolute atomic E-state index is 0.216. The zero-order valence-corrected chi connectivity index (χ0v) is 12.2. The molecular formula is C14H17FN4S. The molecule has 0 saturated carbocycles. The van der Waals surface area contributed by atoms with E-state index in [1.165, 1.54) is 12.1 Å². The molecule has 0 aliphatic heterocycles. The van der Waals surface area contributed by atoms with Crippen molar-refractivity contribution < 1.29 is 4.39 Å². The molecule has 0 aliphatic rings. The van der Waals surface area contributed by atoms with Crippen LogP contribution in [-0.4, -0.2) is 21.8 Å². The summed E-state index contributed by atoms with van der Waals surface area (Å²) in [6.45, 7) is 5.07. The van der Waals surface area contributed by atoms with Crippen LogP contribution in [0.4, 0.5) is 4.39 Å². The van der Waals surface area contributed by atoms with E-state index in [0.717, 1.165) is 16.5 Å². The standard InChI is InChI=1S/C14H17FN4S/c1-3-7-19-13(9-16-2)17-18-14(19)20-10-11-5-4-6-12(15)8-11/h3-6,8,16H,1,7,9-10H2,2H3. The molecular weight excluding hydrogens is 275 g/mol. The van der Waals surface area contributed by atoms with E-state index in [4.69, 9.17) is 0 Å². The SMILES string of the molecule is C=CCn1c(CNC)nnc1SCc1cccc(F)c1. The van der Waals surface area contributed by atoms with Gasteiger partial charge in [-0.1, -0.05) is 30.0 Å². The molecule has 20 heavy (non-hydrogen) atoms. The van der Waals surface area contributed by atoms with Gasteiger partial charge in [-0.25, -0.2) is 4.39 Å². The van der Waals surface area contributed by atoms with Crippen LogP contribution in [0.5, 0.6) is 0 Å². The second kappa shape index (κ2) is 7.21. The third-order valence-corrected chi connectivity index (χ3v) is 3.73. The van der Waals surface area contributed by atoms with Crippen LogP contribution in [0.3, 0.4) is 0 Å². The molecule has 106 valence electrons. The Bertz CT molecular complexity index is 582. The van der Waals surface area contributed by atoms with Crippen molar-refractivity contribution in [1.29, 1.82) is 0 Å². The van der Waals surface area contributed by atoms with Gasteiger partial charge in [0.25, 0.3) is 0 Å². The van der Waals surface area contributed by atoms with Crippen LogP contribution in [0, 0.1) is 5.82 Å². The zero-order chi connectivity index (χ0) is 14.4. The molecule has 0 fully saturated rings. The fourth-order valence-electron chi connectivity index (χ4n) is 1.80. The highest BCUT2D eigenvalue weighted by Crippen LogP contribution is 2.22. The molecule has 2 rings (SSSR count). The summed E-state index contributed by atoms with van der Waals surface area (Å²) in [5.41, 5.74) is 0.929. The number of halogens is 1. The van der Waals surface area contributed by atoms with Crippen LogP contribution in [0.1, 0.15) is 11.4 Å². The molecule has 1 aromatic carbocycles. The smallest absolute Gasteiger partial charge is 0.191 e. The molecule has 0 unspecified atom stereocenters. The Balaban J connectivity index is 2.10. The molecule has 0 atom stereocenters. The van der Waals surface area contributed by atoms with Gasteiger partial charge in [-0.15, -0.1) is 16.8 Å². The average Bonchev–Trinajstić information content (AvgIpc) is 2.80. The van der Waals surface area contributed by atoms with E-state index in [1.54, 1.807) is 17.8 Å². The Morgan fingerprint density at radius 2 is 2.30 bits per heavy atom. The van der Waals surface area contributed by atoms with E-state index in [0.29, 0.717) is 18.8 Å². The van der Waals surface area contributed by atoms with E-state index in [1.807, 2.05) is 23.8 Å². The first kappa shape index (κ1) is 14.7. The molecule has 1 aromatic heterocycles. The van der Waals surface area contributed by atoms with Crippen molar-refractivity contribution in [2.75, 3.05) is 7.05 Å². The van der Waals surface area contributed by atoms with Gasteiger partial charge in [0.15, 0.2) is 5.16 Å². The molecule has 4 nitrogen and oxygen atoms in total. The summed E-state index contributed by atoms with van der Waals surface area (Å²) in [7, 11) is 1.87. The predicted octanol–water partition coefficient (Wildman–Crippen LogP) is 2.61. The van der Waals surface area contributed by atoms with Gasteiger partial charge in [-0.3, -0.25) is 0 Å². The second-order valence-electron chi connectivity index (χ2n) is 4.25. The third-order valence-electron chi connectivity index (χ3n) is 2.70. The summed E-state index contributed by atoms with van der Waals surface area (Å²) >= 11 is 1.54. The summed E-state index contributed by atoms with van der Waals surface area (Å²) in [5.74, 6) is 1.31. The number of hydrogen-bond donors (Lipinski definition) is 1. The highest BCUT2D eigenvalue weighted by molar-refractivity contribution is 7.98. The topological polar surface area (TPSA) is 42.7 Å². The fourth-order valence-corrected chi connectivity index (χ4v) is 2.71. The number of rotatable bonds is 7. The van der Waals surface area contributed by atoms with Crippen LogP contribution in [0.25, 0.3) is 0 Å². The lowest BCUT2D eigenvalue weighted by molar-refractivity contribution is 0.626. The van der Waals surface area contributed by atoms with Gasteiger partial charge < -0.3 is 9.88 Å². The highest BCUT2D eigenvalue weighted by atomic mass is 32.2. The molecule has 0 aliphatic carbocycles. The van der Waals surface area contributed by atoms with Crippen molar-refractivity contribution in [2.24, 2.45) is 0 Å². The van der Waals surface area contributed by atoms with Crippen molar-refractivity contribution in [3.63, 3.8) is 0 Å². The highest BCUT2D eigenvalue weighted by Gasteiger charge is 2.11. The second-order valence-corrected chi connectivity index (χ2v) is 5.19. The number of thioether (sulfide) groups is 1. The van der Waals surface area contributed by atoms with Crippen LogP contribution in [0.2, 0.25) is 0 Å². The van der Waals surface area contributed by atoms with Crippen molar-refractivity contribution in [1.82, 2.24) is 20.1 Å². The summed E-state index contributed by atoms with van der Waals surface area (Å²) in [6.07, 6.45) is 1.81. The predicted molar refractivity (Wildman–Crippen MR) is 78.9 cm³/mol. The van der Waals surface area contributed by atoms with Gasteiger partial charge in [0, 0.05) is 12.3 Å². The summed E-state index contributed by atoms with van der Waals surface area (Å²) in [4.78, 5) is 0. The summed E-state index contributed by atoms with van der Waals surface area (Å²) < 4.78 is 15.1. The van der Waals surface area contributed by atoms with E-state index >= 15 is 0 Å². The Morgan fingerprint density at radius 1 is 1.45 bits per heavy atom. The molecule has 6 heteroatoms. The minimum atomic E-state index is -0.216. The Morgan fingerprint density at radius 3 is 3.00 bits per heavy atom. The lowest BCUT2D eigenvalue weighted by Crippen LogP contribution is -2.12.